The molecule has 1 heterocycles. The first-order valence-corrected chi connectivity index (χ1v) is 10.6. The number of rotatable bonds is 4. The van der Waals surface area contributed by atoms with Crippen LogP contribution in [0.25, 0.3) is 10.8 Å². The summed E-state index contributed by atoms with van der Waals surface area (Å²) in [6.07, 6.45) is 0. The summed E-state index contributed by atoms with van der Waals surface area (Å²) in [7, 11) is -9.49. The largest absolute Gasteiger partial charge is 1.00 e. The fourth-order valence-corrected chi connectivity index (χ4v) is 3.76. The molecule has 0 radical (unpaired) electrons. The number of aromatic nitrogens is 3. The van der Waals surface area contributed by atoms with Crippen molar-refractivity contribution >= 4 is 65.8 Å². The van der Waals surface area contributed by atoms with Crippen molar-refractivity contribution in [2.24, 2.45) is 0 Å². The van der Waals surface area contributed by atoms with Gasteiger partial charge in [-0.15, -0.1) is 0 Å². The first kappa shape index (κ1) is 24.0. The Labute approximate surface area is 195 Å². The molecule has 0 amide bonds. The molecule has 148 valence electrons. The summed E-state index contributed by atoms with van der Waals surface area (Å²) in [4.78, 5) is 9.53. The van der Waals surface area contributed by atoms with Crippen molar-refractivity contribution in [2.45, 2.75) is 9.79 Å². The van der Waals surface area contributed by atoms with Gasteiger partial charge in [-0.3, -0.25) is 9.11 Å². The Morgan fingerprint density at radius 3 is 1.83 bits per heavy atom. The third kappa shape index (κ3) is 5.45. The molecule has 3 rings (SSSR count). The topological polar surface area (TPSA) is 182 Å². The maximum Gasteiger partial charge on any atom is 1.00 e. The van der Waals surface area contributed by atoms with E-state index < -0.39 is 35.8 Å². The van der Waals surface area contributed by atoms with Gasteiger partial charge in [0, 0.05) is 5.69 Å². The summed E-state index contributed by atoms with van der Waals surface area (Å²) in [5.41, 5.74) is -0.199. The van der Waals surface area contributed by atoms with Gasteiger partial charge < -0.3 is 10.4 Å². The third-order valence-electron chi connectivity index (χ3n) is 3.38. The van der Waals surface area contributed by atoms with Crippen LogP contribution in [-0.4, -0.2) is 40.9 Å². The molecule has 3 aromatic rings. The molecule has 0 saturated carbocycles. The van der Waals surface area contributed by atoms with Crippen LogP contribution >= 0.6 is 23.2 Å². The quantitative estimate of drug-likeness (QED) is 0.291. The Balaban J connectivity index is 0.00000300. The zero-order chi connectivity index (χ0) is 20.9. The van der Waals surface area contributed by atoms with Crippen LogP contribution in [0.3, 0.4) is 0 Å². The van der Waals surface area contributed by atoms with Crippen LogP contribution in [0.2, 0.25) is 10.6 Å². The summed E-state index contributed by atoms with van der Waals surface area (Å²) >= 11 is 11.3. The van der Waals surface area contributed by atoms with Crippen LogP contribution in [-0.2, 0) is 20.2 Å². The van der Waals surface area contributed by atoms with Gasteiger partial charge >= 0.3 is 29.6 Å². The standard InChI is InChI=1S/C13H8Cl2N4O7S2.Na/c14-11-17-12(15)19-13(18-11)16-8-3-6(27(21,22)23)1-5-2-7(28(24,25)26)4-9(20)10(5)8;/h1-4,20H,(H,21,22,23)(H,24,25,26)(H,16,17,18,19);/q;+1/p-1. The van der Waals surface area contributed by atoms with Crippen molar-refractivity contribution in [1.82, 2.24) is 15.0 Å². The van der Waals surface area contributed by atoms with E-state index in [4.69, 9.17) is 27.8 Å². The van der Waals surface area contributed by atoms with Crippen molar-refractivity contribution < 1.29 is 60.6 Å². The molecule has 0 saturated heterocycles. The van der Waals surface area contributed by atoms with E-state index in [2.05, 4.69) is 20.3 Å². The Morgan fingerprint density at radius 1 is 0.862 bits per heavy atom. The predicted molar refractivity (Wildman–Crippen MR) is 96.2 cm³/mol. The third-order valence-corrected chi connectivity index (χ3v) is 5.38. The SMILES string of the molecule is O=S(=O)(O)c1cc([O-])c2c(Nc3nc(Cl)nc(Cl)n3)cc(S(=O)(=O)O)cc2c1.[Na+]. The van der Waals surface area contributed by atoms with Crippen molar-refractivity contribution in [3.05, 3.63) is 34.8 Å². The average molecular weight is 489 g/mol. The number of halogens is 2. The molecule has 0 spiro atoms. The molecule has 0 aliphatic carbocycles. The van der Waals surface area contributed by atoms with E-state index >= 15 is 0 Å². The Morgan fingerprint density at radius 2 is 1.34 bits per heavy atom. The molecular weight excluding hydrogens is 482 g/mol. The van der Waals surface area contributed by atoms with E-state index in [1.54, 1.807) is 0 Å². The molecule has 0 bridgehead atoms. The van der Waals surface area contributed by atoms with Gasteiger partial charge in [0.2, 0.25) is 16.5 Å². The molecule has 11 nitrogen and oxygen atoms in total. The van der Waals surface area contributed by atoms with Gasteiger partial charge in [-0.25, -0.2) is 0 Å². The van der Waals surface area contributed by atoms with Gasteiger partial charge in [0.15, 0.2) is 0 Å². The van der Waals surface area contributed by atoms with Gasteiger partial charge in [-0.2, -0.15) is 31.8 Å². The minimum Gasteiger partial charge on any atom is -0.872 e. The van der Waals surface area contributed by atoms with Crippen molar-refractivity contribution in [1.29, 1.82) is 0 Å². The van der Waals surface area contributed by atoms with E-state index in [1.807, 2.05) is 0 Å². The molecule has 16 heteroatoms. The van der Waals surface area contributed by atoms with Crippen LogP contribution in [0.5, 0.6) is 5.75 Å². The van der Waals surface area contributed by atoms with Gasteiger partial charge in [0.05, 0.1) is 9.79 Å². The summed E-state index contributed by atoms with van der Waals surface area (Å²) in [6.45, 7) is 0. The molecule has 0 aliphatic heterocycles. The first-order chi connectivity index (χ1) is 12.8. The van der Waals surface area contributed by atoms with Crippen LogP contribution in [0.1, 0.15) is 0 Å². The normalized spacial score (nSPS) is 11.9. The van der Waals surface area contributed by atoms with Crippen LogP contribution in [0.4, 0.5) is 11.6 Å². The molecule has 0 fully saturated rings. The zero-order valence-electron chi connectivity index (χ0n) is 14.2. The Kier molecular flexibility index (Phi) is 6.99. The molecule has 3 N–H and O–H groups in total. The van der Waals surface area contributed by atoms with Gasteiger partial charge in [-0.05, 0) is 58.2 Å². The second kappa shape index (κ2) is 8.45. The maximum atomic E-state index is 12.4. The van der Waals surface area contributed by atoms with Crippen molar-refractivity contribution in [2.75, 3.05) is 5.32 Å². The van der Waals surface area contributed by atoms with Crippen molar-refractivity contribution in [3.8, 4) is 5.75 Å². The van der Waals surface area contributed by atoms with Crippen LogP contribution in [0.15, 0.2) is 34.1 Å². The number of hydrogen-bond acceptors (Lipinski definition) is 9. The number of fused-ring (bicyclic) bond motifs is 1. The second-order valence-corrected chi connectivity index (χ2v) is 8.78. The van der Waals surface area contributed by atoms with Crippen LogP contribution in [0, 0.1) is 0 Å². The summed E-state index contributed by atoms with van der Waals surface area (Å²) in [6, 6.07) is 3.26. The smallest absolute Gasteiger partial charge is 0.872 e. The number of benzene rings is 2. The number of hydrogen-bond donors (Lipinski definition) is 3. The molecule has 0 unspecified atom stereocenters. The number of nitrogens with zero attached hydrogens (tertiary/aromatic N) is 3. The summed E-state index contributed by atoms with van der Waals surface area (Å²) in [5.74, 6) is -1.13. The first-order valence-electron chi connectivity index (χ1n) is 6.92. The van der Waals surface area contributed by atoms with E-state index in [0.29, 0.717) is 6.07 Å². The zero-order valence-corrected chi connectivity index (χ0v) is 19.3. The van der Waals surface area contributed by atoms with Crippen molar-refractivity contribution in [3.63, 3.8) is 0 Å². The van der Waals surface area contributed by atoms with E-state index in [1.165, 1.54) is 0 Å². The van der Waals surface area contributed by atoms with E-state index in [9.17, 15) is 26.5 Å². The summed E-state index contributed by atoms with van der Waals surface area (Å²) in [5, 5.41) is 14.0. The van der Waals surface area contributed by atoms with E-state index in [0.717, 1.165) is 18.2 Å². The summed E-state index contributed by atoms with van der Waals surface area (Å²) < 4.78 is 64.3. The minimum absolute atomic E-state index is 0. The van der Waals surface area contributed by atoms with E-state index in [-0.39, 0.29) is 62.5 Å². The molecule has 0 aliphatic rings. The monoisotopic (exact) mass is 488 g/mol. The van der Waals surface area contributed by atoms with Gasteiger partial charge in [0.1, 0.15) is 0 Å². The maximum absolute atomic E-state index is 12.4. The fourth-order valence-electron chi connectivity index (χ4n) is 2.32. The predicted octanol–water partition coefficient (Wildman–Crippen LogP) is -1.35. The Bertz CT molecular complexity index is 1310. The Hall–Kier alpha value is -1.29. The fraction of sp³-hybridized carbons (Fsp3) is 0. The average Bonchev–Trinajstić information content (AvgIpc) is 2.51. The molecule has 0 atom stereocenters. The number of nitrogens with one attached hydrogen (secondary N) is 1. The minimum atomic E-state index is -4.75. The van der Waals surface area contributed by atoms with Gasteiger partial charge in [0.25, 0.3) is 20.2 Å². The number of anilines is 2. The molecule has 1 aromatic heterocycles. The molecule has 29 heavy (non-hydrogen) atoms. The molecular formula is C13H7Cl2N4NaO7S2. The molecule has 2 aromatic carbocycles. The van der Waals surface area contributed by atoms with Gasteiger partial charge in [-0.1, -0.05) is 5.75 Å². The second-order valence-electron chi connectivity index (χ2n) is 5.26. The van der Waals surface area contributed by atoms with Crippen LogP contribution < -0.4 is 40.0 Å².